The van der Waals surface area contributed by atoms with E-state index in [1.54, 1.807) is 0 Å². The summed E-state index contributed by atoms with van der Waals surface area (Å²) in [6.45, 7) is 0. The molecule has 2 bridgehead atoms. The third kappa shape index (κ3) is 0.397. The molecule has 0 aromatic carbocycles. The van der Waals surface area contributed by atoms with Crippen LogP contribution in [0.15, 0.2) is 0 Å². The molecule has 4 aliphatic rings. The van der Waals surface area contributed by atoms with Crippen LogP contribution in [-0.4, -0.2) is 0 Å². The fourth-order valence-electron chi connectivity index (χ4n) is 4.84. The number of nitriles is 1. The molecule has 4 saturated carbocycles. The Bertz CT molecular complexity index is 285. The highest BCUT2D eigenvalue weighted by Gasteiger charge is 2.78. The maximum atomic E-state index is 8.95. The number of hydrogen-bond acceptors (Lipinski definition) is 1. The highest BCUT2D eigenvalue weighted by Crippen LogP contribution is 2.83. The molecular weight excluding hydrogens is 146 g/mol. The normalized spacial score (nSPS) is 69.4. The van der Waals surface area contributed by atoms with Crippen molar-refractivity contribution >= 4 is 0 Å². The van der Waals surface area contributed by atoms with Crippen molar-refractivity contribution in [3.05, 3.63) is 0 Å². The van der Waals surface area contributed by atoms with Gasteiger partial charge in [0, 0.05) is 0 Å². The van der Waals surface area contributed by atoms with Gasteiger partial charge in [-0.3, -0.25) is 0 Å². The first-order chi connectivity index (χ1) is 5.88. The highest BCUT2D eigenvalue weighted by atomic mass is 14.8. The van der Waals surface area contributed by atoms with E-state index in [9.17, 15) is 0 Å². The Hall–Kier alpha value is -0.510. The minimum Gasteiger partial charge on any atom is -0.198 e. The molecule has 1 heteroatoms. The second-order valence-corrected chi connectivity index (χ2v) is 5.35. The third-order valence-corrected chi connectivity index (χ3v) is 5.30. The first-order valence-corrected chi connectivity index (χ1v) is 5.27. The van der Waals surface area contributed by atoms with Gasteiger partial charge in [-0.25, -0.2) is 0 Å². The van der Waals surface area contributed by atoms with E-state index < -0.39 is 0 Å². The van der Waals surface area contributed by atoms with Crippen molar-refractivity contribution < 1.29 is 0 Å². The largest absolute Gasteiger partial charge is 0.198 e. The summed E-state index contributed by atoms with van der Waals surface area (Å²) in [5.74, 6) is 4.64. The van der Waals surface area contributed by atoms with Gasteiger partial charge in [-0.15, -0.1) is 0 Å². The second kappa shape index (κ2) is 1.45. The van der Waals surface area contributed by atoms with Gasteiger partial charge in [-0.2, -0.15) is 5.26 Å². The van der Waals surface area contributed by atoms with Crippen LogP contribution >= 0.6 is 0 Å². The zero-order valence-corrected chi connectivity index (χ0v) is 7.16. The second-order valence-electron chi connectivity index (χ2n) is 5.35. The Kier molecular flexibility index (Phi) is 0.730. The van der Waals surface area contributed by atoms with Crippen molar-refractivity contribution in [1.82, 2.24) is 0 Å². The molecule has 12 heavy (non-hydrogen) atoms. The lowest BCUT2D eigenvalue weighted by Gasteiger charge is -2.17. The quantitative estimate of drug-likeness (QED) is 0.531. The van der Waals surface area contributed by atoms with E-state index in [1.807, 2.05) is 0 Å². The van der Waals surface area contributed by atoms with E-state index >= 15 is 0 Å². The first-order valence-electron chi connectivity index (χ1n) is 5.27. The smallest absolute Gasteiger partial charge is 0.0662 e. The van der Waals surface area contributed by atoms with Crippen molar-refractivity contribution in [2.45, 2.75) is 25.7 Å². The summed E-state index contributed by atoms with van der Waals surface area (Å²) in [5.41, 5.74) is 0.600. The van der Waals surface area contributed by atoms with E-state index in [2.05, 4.69) is 6.07 Å². The summed E-state index contributed by atoms with van der Waals surface area (Å²) in [5, 5.41) is 8.95. The Morgan fingerprint density at radius 1 is 1.17 bits per heavy atom. The van der Waals surface area contributed by atoms with E-state index in [1.165, 1.54) is 25.7 Å². The molecule has 0 aromatic heterocycles. The Balaban J connectivity index is 1.80. The van der Waals surface area contributed by atoms with Gasteiger partial charge in [0.25, 0.3) is 0 Å². The first kappa shape index (κ1) is 6.02. The highest BCUT2D eigenvalue weighted by molar-refractivity contribution is 5.29. The Morgan fingerprint density at radius 2 is 1.83 bits per heavy atom. The van der Waals surface area contributed by atoms with Crippen LogP contribution in [0.5, 0.6) is 0 Å². The number of rotatable bonds is 0. The van der Waals surface area contributed by atoms with Gasteiger partial charge in [0.05, 0.1) is 12.0 Å². The van der Waals surface area contributed by atoms with Gasteiger partial charge in [0.15, 0.2) is 0 Å². The summed E-state index contributed by atoms with van der Waals surface area (Å²) in [7, 11) is 0. The lowest BCUT2D eigenvalue weighted by molar-refractivity contribution is 0.303. The van der Waals surface area contributed by atoms with Crippen LogP contribution in [0.3, 0.4) is 0 Å². The van der Waals surface area contributed by atoms with Crippen LogP contribution in [-0.2, 0) is 0 Å². The molecule has 4 aliphatic carbocycles. The van der Waals surface area contributed by atoms with Crippen molar-refractivity contribution in [3.8, 4) is 6.07 Å². The average molecular weight is 159 g/mol. The number of hydrogen-bond donors (Lipinski definition) is 0. The zero-order chi connectivity index (χ0) is 7.92. The molecule has 6 atom stereocenters. The molecule has 4 fully saturated rings. The minimum absolute atomic E-state index is 0.475. The zero-order valence-electron chi connectivity index (χ0n) is 7.16. The maximum absolute atomic E-state index is 8.95. The standard InChI is InChI=1S/C11H13N/c12-5-6-4-11(6)9-1-2-10(11)8-3-7(8)9/h6-10H,1-4H2/t6?,7-,8+,9-,10+,11?. The summed E-state index contributed by atoms with van der Waals surface area (Å²) in [6, 6.07) is 2.51. The van der Waals surface area contributed by atoms with Crippen molar-refractivity contribution in [2.24, 2.45) is 35.0 Å². The fraction of sp³-hybridized carbons (Fsp3) is 0.909. The summed E-state index contributed by atoms with van der Waals surface area (Å²) >= 11 is 0. The predicted molar refractivity (Wildman–Crippen MR) is 44.0 cm³/mol. The molecular formula is C11H13N. The molecule has 4 rings (SSSR count). The molecule has 0 saturated heterocycles. The van der Waals surface area contributed by atoms with Gasteiger partial charge in [0.2, 0.25) is 0 Å². The van der Waals surface area contributed by atoms with Crippen molar-refractivity contribution in [3.63, 3.8) is 0 Å². The lowest BCUT2D eigenvalue weighted by Crippen LogP contribution is -2.14. The molecule has 0 heterocycles. The average Bonchev–Trinajstić information content (AvgIpc) is 2.91. The van der Waals surface area contributed by atoms with Crippen molar-refractivity contribution in [1.29, 1.82) is 5.26 Å². The van der Waals surface area contributed by atoms with Gasteiger partial charge in [-0.05, 0) is 54.8 Å². The molecule has 62 valence electrons. The topological polar surface area (TPSA) is 23.8 Å². The Morgan fingerprint density at radius 3 is 2.33 bits per heavy atom. The van der Waals surface area contributed by atoms with E-state index in [0.717, 1.165) is 23.7 Å². The van der Waals surface area contributed by atoms with Crippen LogP contribution < -0.4 is 0 Å². The molecule has 1 nitrogen and oxygen atoms in total. The maximum Gasteiger partial charge on any atom is 0.0662 e. The van der Waals surface area contributed by atoms with E-state index in [0.29, 0.717) is 11.3 Å². The summed E-state index contributed by atoms with van der Waals surface area (Å²) < 4.78 is 0. The molecule has 0 aromatic rings. The van der Waals surface area contributed by atoms with Crippen LogP contribution in [0.2, 0.25) is 0 Å². The molecule has 0 N–H and O–H groups in total. The van der Waals surface area contributed by atoms with E-state index in [-0.39, 0.29) is 0 Å². The molecule has 0 aliphatic heterocycles. The van der Waals surface area contributed by atoms with Crippen LogP contribution in [0, 0.1) is 46.3 Å². The molecule has 0 amide bonds. The summed E-state index contributed by atoms with van der Waals surface area (Å²) in [4.78, 5) is 0. The Labute approximate surface area is 72.8 Å². The fourth-order valence-corrected chi connectivity index (χ4v) is 4.84. The summed E-state index contributed by atoms with van der Waals surface area (Å²) in [6.07, 6.45) is 5.72. The van der Waals surface area contributed by atoms with Crippen LogP contribution in [0.1, 0.15) is 25.7 Å². The molecule has 0 radical (unpaired) electrons. The predicted octanol–water partition coefficient (Wildman–Crippen LogP) is 2.19. The van der Waals surface area contributed by atoms with Crippen LogP contribution in [0.4, 0.5) is 0 Å². The van der Waals surface area contributed by atoms with Gasteiger partial charge < -0.3 is 0 Å². The molecule has 1 spiro atoms. The number of fused-ring (bicyclic) bond motifs is 3. The molecule has 2 unspecified atom stereocenters. The SMILES string of the molecule is N#CC1CC12[C@@H]1CC[C@H]2[C@H]2C[C@H]21. The number of nitrogens with zero attached hydrogens (tertiary/aromatic N) is 1. The minimum atomic E-state index is 0.475. The van der Waals surface area contributed by atoms with Gasteiger partial charge in [-0.1, -0.05) is 0 Å². The van der Waals surface area contributed by atoms with Crippen LogP contribution in [0.25, 0.3) is 0 Å². The van der Waals surface area contributed by atoms with E-state index in [4.69, 9.17) is 5.26 Å². The lowest BCUT2D eigenvalue weighted by atomic mass is 9.86. The van der Waals surface area contributed by atoms with Gasteiger partial charge in [0.1, 0.15) is 0 Å². The van der Waals surface area contributed by atoms with Crippen molar-refractivity contribution in [2.75, 3.05) is 0 Å². The third-order valence-electron chi connectivity index (χ3n) is 5.30. The van der Waals surface area contributed by atoms with Gasteiger partial charge >= 0.3 is 0 Å². The monoisotopic (exact) mass is 159 g/mol.